The summed E-state index contributed by atoms with van der Waals surface area (Å²) in [5.41, 5.74) is 6.79. The van der Waals surface area contributed by atoms with Gasteiger partial charge in [-0.1, -0.05) is 6.07 Å². The molecule has 0 spiro atoms. The van der Waals surface area contributed by atoms with Gasteiger partial charge in [-0.2, -0.15) is 0 Å². The first-order chi connectivity index (χ1) is 18.3. The van der Waals surface area contributed by atoms with E-state index < -0.39 is 58.4 Å². The van der Waals surface area contributed by atoms with Gasteiger partial charge in [0.2, 0.25) is 11.8 Å². The Morgan fingerprint density at radius 3 is 1.72 bits per heavy atom. The summed E-state index contributed by atoms with van der Waals surface area (Å²) in [6.45, 7) is 0. The summed E-state index contributed by atoms with van der Waals surface area (Å²) in [6.07, 6.45) is 2.19. The molecule has 13 heteroatoms. The molecule has 0 aliphatic carbocycles. The van der Waals surface area contributed by atoms with Gasteiger partial charge in [0.25, 0.3) is 0 Å². The third-order valence-corrected chi connectivity index (χ3v) is 5.62. The van der Waals surface area contributed by atoms with Crippen LogP contribution < -0.4 is 16.4 Å². The van der Waals surface area contributed by atoms with E-state index in [1.54, 1.807) is 0 Å². The Hall–Kier alpha value is -5.30. The van der Waals surface area contributed by atoms with E-state index in [-0.39, 0.29) is 35.5 Å². The summed E-state index contributed by atoms with van der Waals surface area (Å²) in [6, 6.07) is 5.82. The predicted octanol–water partition coefficient (Wildman–Crippen LogP) is 0.716. The van der Waals surface area contributed by atoms with E-state index in [2.05, 4.69) is 10.6 Å². The third-order valence-electron chi connectivity index (χ3n) is 5.62. The zero-order valence-corrected chi connectivity index (χ0v) is 20.2. The molecule has 3 aromatic rings. The van der Waals surface area contributed by atoms with Crippen molar-refractivity contribution in [2.45, 2.75) is 24.9 Å². The van der Waals surface area contributed by atoms with Crippen molar-refractivity contribution in [3.63, 3.8) is 0 Å². The van der Waals surface area contributed by atoms with E-state index in [4.69, 9.17) is 5.73 Å². The summed E-state index contributed by atoms with van der Waals surface area (Å²) in [4.78, 5) is 25.8. The molecule has 2 unspecified atom stereocenters. The second-order valence-electron chi connectivity index (χ2n) is 8.63. The summed E-state index contributed by atoms with van der Waals surface area (Å²) in [5, 5.41) is 82.0. The number of aromatic hydroxyl groups is 8. The molecule has 13 nitrogen and oxygen atoms in total. The highest BCUT2D eigenvalue weighted by atomic mass is 16.3. The molecule has 0 heterocycles. The maximum atomic E-state index is 13.0. The summed E-state index contributed by atoms with van der Waals surface area (Å²) < 4.78 is 0. The molecular formula is C26H27N3O10. The van der Waals surface area contributed by atoms with Gasteiger partial charge in [-0.25, -0.2) is 0 Å². The Labute approximate surface area is 221 Å². The molecule has 3 rings (SSSR count). The fraction of sp³-hybridized carbons (Fsp3) is 0.154. The lowest BCUT2D eigenvalue weighted by atomic mass is 10.0. The van der Waals surface area contributed by atoms with Gasteiger partial charge >= 0.3 is 0 Å². The molecule has 206 valence electrons. The van der Waals surface area contributed by atoms with E-state index in [0.29, 0.717) is 5.56 Å². The topological polar surface area (TPSA) is 246 Å². The summed E-state index contributed by atoms with van der Waals surface area (Å²) in [7, 11) is 0. The first-order valence-electron chi connectivity index (χ1n) is 11.4. The van der Waals surface area contributed by atoms with Gasteiger partial charge in [-0.15, -0.1) is 0 Å². The van der Waals surface area contributed by atoms with Gasteiger partial charge in [-0.05, 0) is 65.6 Å². The van der Waals surface area contributed by atoms with Crippen LogP contribution >= 0.6 is 0 Å². The van der Waals surface area contributed by atoms with Gasteiger partial charge in [0.15, 0.2) is 46.0 Å². The molecule has 0 aromatic heterocycles. The maximum Gasteiger partial charge on any atom is 0.246 e. The highest BCUT2D eigenvalue weighted by molar-refractivity contribution is 5.90. The molecule has 39 heavy (non-hydrogen) atoms. The second-order valence-corrected chi connectivity index (χ2v) is 8.63. The third kappa shape index (κ3) is 7.14. The minimum atomic E-state index is -1.30. The van der Waals surface area contributed by atoms with E-state index in [1.165, 1.54) is 30.5 Å². The van der Waals surface area contributed by atoms with Crippen LogP contribution in [0.3, 0.4) is 0 Å². The molecule has 0 fully saturated rings. The second kappa shape index (κ2) is 11.8. The van der Waals surface area contributed by atoms with Crippen LogP contribution in [-0.2, 0) is 22.4 Å². The summed E-state index contributed by atoms with van der Waals surface area (Å²) in [5.74, 6) is -6.25. The Bertz CT molecular complexity index is 1380. The van der Waals surface area contributed by atoms with Gasteiger partial charge in [0.05, 0.1) is 6.04 Å². The van der Waals surface area contributed by atoms with Crippen molar-refractivity contribution in [3.8, 4) is 46.0 Å². The lowest BCUT2D eigenvalue weighted by Crippen LogP contribution is -2.52. The highest BCUT2D eigenvalue weighted by Crippen LogP contribution is 2.36. The van der Waals surface area contributed by atoms with E-state index in [0.717, 1.165) is 24.3 Å². The zero-order valence-electron chi connectivity index (χ0n) is 20.2. The molecule has 3 aromatic carbocycles. The monoisotopic (exact) mass is 541 g/mol. The Balaban J connectivity index is 1.78. The van der Waals surface area contributed by atoms with Gasteiger partial charge < -0.3 is 57.2 Å². The molecule has 2 atom stereocenters. The van der Waals surface area contributed by atoms with Gasteiger partial charge in [-0.3, -0.25) is 9.59 Å². The fourth-order valence-electron chi connectivity index (χ4n) is 3.59. The van der Waals surface area contributed by atoms with E-state index in [9.17, 15) is 50.4 Å². The van der Waals surface area contributed by atoms with Crippen molar-refractivity contribution in [3.05, 3.63) is 65.4 Å². The number of benzene rings is 3. The lowest BCUT2D eigenvalue weighted by molar-refractivity contribution is -0.129. The number of nitrogens with two attached hydrogens (primary N) is 1. The Morgan fingerprint density at radius 2 is 1.21 bits per heavy atom. The molecule has 12 N–H and O–H groups in total. The molecule has 0 aliphatic heterocycles. The van der Waals surface area contributed by atoms with Crippen LogP contribution in [0.2, 0.25) is 0 Å². The van der Waals surface area contributed by atoms with Crippen molar-refractivity contribution >= 4 is 17.9 Å². The molecule has 0 radical (unpaired) electrons. The van der Waals surface area contributed by atoms with Crippen LogP contribution in [0.25, 0.3) is 6.08 Å². The van der Waals surface area contributed by atoms with Crippen LogP contribution in [0, 0.1) is 0 Å². The number of phenols is 8. The number of hydrogen-bond acceptors (Lipinski definition) is 11. The van der Waals surface area contributed by atoms with Crippen LogP contribution in [0.1, 0.15) is 16.7 Å². The van der Waals surface area contributed by atoms with Crippen molar-refractivity contribution < 1.29 is 50.4 Å². The van der Waals surface area contributed by atoms with Crippen LogP contribution in [-0.4, -0.2) is 64.8 Å². The molecule has 0 saturated carbocycles. The fourth-order valence-corrected chi connectivity index (χ4v) is 3.59. The van der Waals surface area contributed by atoms with Crippen molar-refractivity contribution in [2.75, 3.05) is 0 Å². The standard InChI is InChI=1S/C26H27N3O10/c27-15(5-13-8-19(32)23(36)20(33)9-13)25(38)29-16(6-14-10-21(34)24(37)22(35)11-14)26(39)28-4-3-12-1-2-17(30)18(31)7-12/h1-4,7-11,15-16,30-37H,5-6,27H2,(H,28,39)(H,29,38). The molecule has 2 amide bonds. The van der Waals surface area contributed by atoms with E-state index in [1.807, 2.05) is 0 Å². The number of nitrogens with one attached hydrogen (secondary N) is 2. The molecule has 0 aliphatic rings. The van der Waals surface area contributed by atoms with Crippen LogP contribution in [0.15, 0.2) is 48.7 Å². The Morgan fingerprint density at radius 1 is 0.692 bits per heavy atom. The average molecular weight is 542 g/mol. The van der Waals surface area contributed by atoms with E-state index >= 15 is 0 Å². The number of carbonyl (C=O) groups excluding carboxylic acids is 2. The van der Waals surface area contributed by atoms with Crippen molar-refractivity contribution in [2.24, 2.45) is 5.73 Å². The predicted molar refractivity (Wildman–Crippen MR) is 137 cm³/mol. The number of hydrogen-bond donors (Lipinski definition) is 11. The van der Waals surface area contributed by atoms with Gasteiger partial charge in [0, 0.05) is 12.6 Å². The molecular weight excluding hydrogens is 514 g/mol. The van der Waals surface area contributed by atoms with Crippen molar-refractivity contribution in [1.29, 1.82) is 0 Å². The minimum absolute atomic E-state index is 0.178. The number of carbonyl (C=O) groups is 2. The summed E-state index contributed by atoms with van der Waals surface area (Å²) >= 11 is 0. The zero-order chi connectivity index (χ0) is 28.9. The largest absolute Gasteiger partial charge is 0.504 e. The van der Waals surface area contributed by atoms with Crippen molar-refractivity contribution in [1.82, 2.24) is 10.6 Å². The molecule has 0 saturated heterocycles. The number of phenolic OH excluding ortho intramolecular Hbond substituents is 8. The molecule has 0 bridgehead atoms. The minimum Gasteiger partial charge on any atom is -0.504 e. The van der Waals surface area contributed by atoms with Crippen LogP contribution in [0.4, 0.5) is 0 Å². The maximum absolute atomic E-state index is 13.0. The Kier molecular flexibility index (Phi) is 8.58. The smallest absolute Gasteiger partial charge is 0.246 e. The number of rotatable bonds is 9. The van der Waals surface area contributed by atoms with Gasteiger partial charge in [0.1, 0.15) is 6.04 Å². The first kappa shape index (κ1) is 28.3. The lowest BCUT2D eigenvalue weighted by Gasteiger charge is -2.21. The SMILES string of the molecule is NC(Cc1cc(O)c(O)c(O)c1)C(=O)NC(Cc1cc(O)c(O)c(O)c1)C(=O)NC=Cc1ccc(O)c(O)c1. The first-order valence-corrected chi connectivity index (χ1v) is 11.4. The van der Waals surface area contributed by atoms with Crippen LogP contribution in [0.5, 0.6) is 46.0 Å². The average Bonchev–Trinajstić information content (AvgIpc) is 2.87. The normalized spacial score (nSPS) is 12.6. The highest BCUT2D eigenvalue weighted by Gasteiger charge is 2.25. The quantitative estimate of drug-likeness (QED) is 0.168. The number of amides is 2.